The minimum Gasteiger partial charge on any atom is -0.507 e. The number of carbonyl (C=O) groups is 1. The van der Waals surface area contributed by atoms with Gasteiger partial charge in [0.1, 0.15) is 17.2 Å². The van der Waals surface area contributed by atoms with Crippen molar-refractivity contribution in [3.05, 3.63) is 87.1 Å². The smallest absolute Gasteiger partial charge is 0.231 e. The highest BCUT2D eigenvalue weighted by atomic mass is 35.5. The third-order valence-electron chi connectivity index (χ3n) is 6.38. The van der Waals surface area contributed by atoms with E-state index in [4.69, 9.17) is 32.7 Å². The molecular weight excluding hydrogens is 487 g/mol. The molecule has 0 radical (unpaired) electrons. The van der Waals surface area contributed by atoms with Gasteiger partial charge in [0.25, 0.3) is 0 Å². The second kappa shape index (κ2) is 9.82. The summed E-state index contributed by atoms with van der Waals surface area (Å²) in [6, 6.07) is 16.3. The molecule has 6 nitrogen and oxygen atoms in total. The Kier molecular flexibility index (Phi) is 6.60. The molecule has 0 bridgehead atoms. The fourth-order valence-corrected chi connectivity index (χ4v) is 4.92. The van der Waals surface area contributed by atoms with E-state index in [1.165, 1.54) is 0 Å². The Morgan fingerprint density at radius 1 is 1.00 bits per heavy atom. The number of ether oxygens (including phenoxy) is 2. The first-order chi connectivity index (χ1) is 16.9. The van der Waals surface area contributed by atoms with E-state index >= 15 is 0 Å². The number of hydrogen-bond donors (Lipinski definition) is 1. The molecule has 1 fully saturated rings. The number of phenols is 1. The van der Waals surface area contributed by atoms with Crippen molar-refractivity contribution in [3.8, 4) is 17.2 Å². The Balaban J connectivity index is 1.33. The molecule has 0 amide bonds. The number of hydrogen-bond acceptors (Lipinski definition) is 6. The molecule has 8 heteroatoms. The Bertz CT molecular complexity index is 1280. The minimum absolute atomic E-state index is 0.103. The number of piperazine rings is 1. The quantitative estimate of drug-likeness (QED) is 0.447. The minimum atomic E-state index is -0.262. The maximum atomic E-state index is 13.0. The van der Waals surface area contributed by atoms with Gasteiger partial charge in [-0.05, 0) is 54.6 Å². The topological polar surface area (TPSA) is 62.2 Å². The standard InChI is InChI=1S/C27H24Cl2N2O4/c1-34-18-7-5-17(6-8-18)31-13-11-30(12-14-31)16-21-24(32)10-9-19-26(33)25(35-27(19)21)15-20-22(28)3-2-4-23(20)29/h2-10,15,32H,11-14,16H2,1H3/b25-15-. The van der Waals surface area contributed by atoms with Crippen LogP contribution >= 0.6 is 23.2 Å². The van der Waals surface area contributed by atoms with Crippen LogP contribution in [0.15, 0.2) is 60.4 Å². The Morgan fingerprint density at radius 2 is 1.69 bits per heavy atom. The lowest BCUT2D eigenvalue weighted by Crippen LogP contribution is -2.46. The average molecular weight is 511 g/mol. The maximum Gasteiger partial charge on any atom is 0.231 e. The van der Waals surface area contributed by atoms with E-state index in [-0.39, 0.29) is 17.3 Å². The number of rotatable bonds is 5. The van der Waals surface area contributed by atoms with Crippen LogP contribution in [0.2, 0.25) is 10.0 Å². The van der Waals surface area contributed by atoms with Crippen molar-refractivity contribution < 1.29 is 19.4 Å². The van der Waals surface area contributed by atoms with Crippen LogP contribution in [0.5, 0.6) is 17.2 Å². The highest BCUT2D eigenvalue weighted by Gasteiger charge is 2.32. The summed E-state index contributed by atoms with van der Waals surface area (Å²) < 4.78 is 11.2. The maximum absolute atomic E-state index is 13.0. The third kappa shape index (κ3) is 4.69. The van der Waals surface area contributed by atoms with Crippen LogP contribution in [-0.4, -0.2) is 49.1 Å². The van der Waals surface area contributed by atoms with Crippen LogP contribution in [0.25, 0.3) is 6.08 Å². The molecule has 5 rings (SSSR count). The molecule has 0 aliphatic carbocycles. The van der Waals surface area contributed by atoms with Gasteiger partial charge in [0, 0.05) is 54.0 Å². The van der Waals surface area contributed by atoms with Crippen molar-refractivity contribution in [3.63, 3.8) is 0 Å². The predicted octanol–water partition coefficient (Wildman–Crippen LogP) is 5.65. The van der Waals surface area contributed by atoms with Gasteiger partial charge in [0.15, 0.2) is 5.76 Å². The molecule has 2 aliphatic heterocycles. The van der Waals surface area contributed by atoms with Gasteiger partial charge in [-0.25, -0.2) is 0 Å². The molecule has 180 valence electrons. The van der Waals surface area contributed by atoms with Crippen molar-refractivity contribution in [2.45, 2.75) is 6.54 Å². The molecule has 0 saturated carbocycles. The van der Waals surface area contributed by atoms with E-state index in [0.717, 1.165) is 37.6 Å². The third-order valence-corrected chi connectivity index (χ3v) is 7.04. The zero-order valence-electron chi connectivity index (χ0n) is 19.1. The first-order valence-electron chi connectivity index (χ1n) is 11.3. The van der Waals surface area contributed by atoms with Gasteiger partial charge >= 0.3 is 0 Å². The fourth-order valence-electron chi connectivity index (χ4n) is 4.41. The molecule has 2 heterocycles. The first-order valence-corrected chi connectivity index (χ1v) is 12.0. The molecule has 0 atom stereocenters. The van der Waals surface area contributed by atoms with Gasteiger partial charge in [-0.2, -0.15) is 0 Å². The van der Waals surface area contributed by atoms with Gasteiger partial charge in [0.2, 0.25) is 5.78 Å². The number of phenolic OH excluding ortho intramolecular Hbond substituents is 1. The van der Waals surface area contributed by atoms with E-state index in [2.05, 4.69) is 21.9 Å². The fraction of sp³-hybridized carbons (Fsp3) is 0.222. The molecule has 3 aromatic carbocycles. The number of anilines is 1. The van der Waals surface area contributed by atoms with Crippen molar-refractivity contribution in [2.75, 3.05) is 38.2 Å². The number of fused-ring (bicyclic) bond motifs is 1. The molecule has 1 N–H and O–H groups in total. The number of nitrogens with zero attached hydrogens (tertiary/aromatic N) is 2. The van der Waals surface area contributed by atoms with Crippen molar-refractivity contribution in [1.82, 2.24) is 4.90 Å². The van der Waals surface area contributed by atoms with Gasteiger partial charge in [-0.3, -0.25) is 9.69 Å². The highest BCUT2D eigenvalue weighted by molar-refractivity contribution is 6.37. The average Bonchev–Trinajstić information content (AvgIpc) is 3.19. The van der Waals surface area contributed by atoms with Crippen molar-refractivity contribution in [2.24, 2.45) is 0 Å². The molecule has 3 aromatic rings. The van der Waals surface area contributed by atoms with Crippen molar-refractivity contribution >= 4 is 40.7 Å². The van der Waals surface area contributed by atoms with E-state index in [9.17, 15) is 9.90 Å². The zero-order valence-corrected chi connectivity index (χ0v) is 20.6. The Labute approximate surface area is 213 Å². The summed E-state index contributed by atoms with van der Waals surface area (Å²) in [5.41, 5.74) is 2.69. The molecule has 35 heavy (non-hydrogen) atoms. The summed E-state index contributed by atoms with van der Waals surface area (Å²) in [6.07, 6.45) is 1.56. The molecule has 0 spiro atoms. The lowest BCUT2D eigenvalue weighted by atomic mass is 10.0. The second-order valence-corrected chi connectivity index (χ2v) is 9.29. The molecule has 2 aliphatic rings. The number of halogens is 2. The van der Waals surface area contributed by atoms with Crippen molar-refractivity contribution in [1.29, 1.82) is 0 Å². The van der Waals surface area contributed by atoms with Gasteiger partial charge in [-0.15, -0.1) is 0 Å². The number of Topliss-reactive ketones (excluding diaryl/α,β-unsaturated/α-hetero) is 1. The summed E-state index contributed by atoms with van der Waals surface area (Å²) in [6.45, 7) is 3.77. The van der Waals surface area contributed by atoms with Crippen LogP contribution in [0, 0.1) is 0 Å². The van der Waals surface area contributed by atoms with E-state index < -0.39 is 0 Å². The van der Waals surface area contributed by atoms with E-state index in [1.807, 2.05) is 12.1 Å². The van der Waals surface area contributed by atoms with E-state index in [0.29, 0.717) is 39.0 Å². The van der Waals surface area contributed by atoms with Gasteiger partial charge in [-0.1, -0.05) is 29.3 Å². The van der Waals surface area contributed by atoms with Gasteiger partial charge < -0.3 is 19.5 Å². The second-order valence-electron chi connectivity index (χ2n) is 8.48. The number of methoxy groups -OCH3 is 1. The number of allylic oxidation sites excluding steroid dienone is 1. The number of ketones is 1. The summed E-state index contributed by atoms with van der Waals surface area (Å²) in [5, 5.41) is 11.5. The molecule has 0 unspecified atom stereocenters. The molecule has 0 aromatic heterocycles. The molecule has 1 saturated heterocycles. The number of benzene rings is 3. The predicted molar refractivity (Wildman–Crippen MR) is 138 cm³/mol. The molecular formula is C27H24Cl2N2O4. The lowest BCUT2D eigenvalue weighted by Gasteiger charge is -2.36. The Morgan fingerprint density at radius 3 is 2.34 bits per heavy atom. The SMILES string of the molecule is COc1ccc(N2CCN(Cc3c(O)ccc4c3O/C(=C\c3c(Cl)cccc3Cl)C4=O)CC2)cc1. The lowest BCUT2D eigenvalue weighted by molar-refractivity contribution is 0.101. The van der Waals surface area contributed by atoms with Gasteiger partial charge in [0.05, 0.1) is 18.2 Å². The summed E-state index contributed by atoms with van der Waals surface area (Å²) in [5.74, 6) is 1.20. The monoisotopic (exact) mass is 510 g/mol. The Hall–Kier alpha value is -3.19. The summed E-state index contributed by atoms with van der Waals surface area (Å²) >= 11 is 12.5. The van der Waals surface area contributed by atoms with Crippen LogP contribution in [-0.2, 0) is 6.54 Å². The van der Waals surface area contributed by atoms with Crippen LogP contribution < -0.4 is 14.4 Å². The highest BCUT2D eigenvalue weighted by Crippen LogP contribution is 2.41. The number of carbonyl (C=O) groups excluding carboxylic acids is 1. The first kappa shape index (κ1) is 23.5. The largest absolute Gasteiger partial charge is 0.507 e. The van der Waals surface area contributed by atoms with Crippen LogP contribution in [0.1, 0.15) is 21.5 Å². The summed E-state index contributed by atoms with van der Waals surface area (Å²) in [4.78, 5) is 17.6. The van der Waals surface area contributed by atoms with E-state index in [1.54, 1.807) is 43.5 Å². The summed E-state index contributed by atoms with van der Waals surface area (Å²) in [7, 11) is 1.66. The van der Waals surface area contributed by atoms with Crippen LogP contribution in [0.3, 0.4) is 0 Å². The normalized spacial score (nSPS) is 16.9. The number of aromatic hydroxyl groups is 1. The van der Waals surface area contributed by atoms with Crippen LogP contribution in [0.4, 0.5) is 5.69 Å². The zero-order chi connectivity index (χ0) is 24.5.